The van der Waals surface area contributed by atoms with Gasteiger partial charge in [-0.1, -0.05) is 0 Å². The normalized spacial score (nSPS) is 11.6. The number of carbonyl (C=O) groups excluding carboxylic acids is 1. The molecule has 0 aromatic carbocycles. The van der Waals surface area contributed by atoms with Gasteiger partial charge >= 0.3 is 11.8 Å². The van der Waals surface area contributed by atoms with E-state index in [0.717, 1.165) is 0 Å². The maximum atomic E-state index is 11.1. The first-order chi connectivity index (χ1) is 7.56. The number of aromatic nitrogens is 1. The maximum absolute atomic E-state index is 11.1. The van der Waals surface area contributed by atoms with Gasteiger partial charge in [0.05, 0.1) is 7.11 Å². The molecule has 0 bridgehead atoms. The highest BCUT2D eigenvalue weighted by Crippen LogP contribution is 2.24. The second-order valence-corrected chi connectivity index (χ2v) is 2.87. The molecule has 0 amide bonds. The molecule has 0 spiro atoms. The molecule has 0 saturated heterocycles. The average Bonchev–Trinajstić information content (AvgIpc) is 2.28. The first kappa shape index (κ1) is 11.9. The molecule has 0 unspecified atom stereocenters. The molecule has 7 nitrogen and oxygen atoms in total. The van der Waals surface area contributed by atoms with E-state index in [9.17, 15) is 14.9 Å². The van der Waals surface area contributed by atoms with E-state index in [4.69, 9.17) is 4.74 Å². The quantitative estimate of drug-likeness (QED) is 0.431. The van der Waals surface area contributed by atoms with E-state index in [1.165, 1.54) is 32.4 Å². The number of methoxy groups -OCH3 is 1. The van der Waals surface area contributed by atoms with Crippen molar-refractivity contribution in [2.75, 3.05) is 7.11 Å². The van der Waals surface area contributed by atoms with Crippen LogP contribution in [0.5, 0.6) is 5.75 Å². The number of rotatable bonds is 4. The van der Waals surface area contributed by atoms with Crippen LogP contribution in [0, 0.1) is 10.1 Å². The average molecular weight is 226 g/mol. The van der Waals surface area contributed by atoms with E-state index in [1.54, 1.807) is 0 Å². The van der Waals surface area contributed by atoms with Gasteiger partial charge in [0.15, 0.2) is 6.10 Å². The fourth-order valence-electron chi connectivity index (χ4n) is 1.02. The number of hydrogen-bond donors (Lipinski definition) is 0. The molecule has 0 N–H and O–H groups in total. The minimum absolute atomic E-state index is 0.0644. The molecular weight excluding hydrogens is 216 g/mol. The number of nitrogens with zero attached hydrogens (tertiary/aromatic N) is 2. The fourth-order valence-corrected chi connectivity index (χ4v) is 1.02. The maximum Gasteiger partial charge on any atom is 0.406 e. The minimum atomic E-state index is -0.923. The zero-order valence-corrected chi connectivity index (χ0v) is 8.75. The molecule has 0 aliphatic rings. The van der Waals surface area contributed by atoms with Crippen LogP contribution in [0.1, 0.15) is 6.92 Å². The highest BCUT2D eigenvalue weighted by atomic mass is 16.6. The Kier molecular flexibility index (Phi) is 3.76. The Morgan fingerprint density at radius 1 is 1.62 bits per heavy atom. The van der Waals surface area contributed by atoms with Crippen LogP contribution in [0.25, 0.3) is 0 Å². The van der Waals surface area contributed by atoms with Gasteiger partial charge in [0.25, 0.3) is 0 Å². The summed E-state index contributed by atoms with van der Waals surface area (Å²) in [7, 11) is 1.21. The topological polar surface area (TPSA) is 91.6 Å². The van der Waals surface area contributed by atoms with Gasteiger partial charge in [-0.3, -0.25) is 0 Å². The van der Waals surface area contributed by atoms with Gasteiger partial charge in [-0.25, -0.2) is 4.79 Å². The van der Waals surface area contributed by atoms with Crippen molar-refractivity contribution in [3.05, 3.63) is 28.4 Å². The number of carbonyl (C=O) groups is 1. The van der Waals surface area contributed by atoms with Crippen LogP contribution >= 0.6 is 0 Å². The molecule has 0 radical (unpaired) electrons. The molecule has 86 valence electrons. The Bertz CT molecular complexity index is 407. The van der Waals surface area contributed by atoms with Crippen LogP contribution in [-0.4, -0.2) is 29.1 Å². The lowest BCUT2D eigenvalue weighted by Gasteiger charge is -2.11. The molecule has 1 atom stereocenters. The Hall–Kier alpha value is -2.18. The summed E-state index contributed by atoms with van der Waals surface area (Å²) in [5.74, 6) is -1.11. The molecule has 1 rings (SSSR count). The predicted molar refractivity (Wildman–Crippen MR) is 53.0 cm³/mol. The fraction of sp³-hybridized carbons (Fsp3) is 0.333. The third-order valence-corrected chi connectivity index (χ3v) is 1.76. The van der Waals surface area contributed by atoms with E-state index < -0.39 is 22.8 Å². The first-order valence-electron chi connectivity index (χ1n) is 4.40. The summed E-state index contributed by atoms with van der Waals surface area (Å²) in [6, 6.07) is 2.84. The monoisotopic (exact) mass is 226 g/mol. The van der Waals surface area contributed by atoms with Gasteiger partial charge in [0.1, 0.15) is 6.20 Å². The second kappa shape index (κ2) is 5.06. The van der Waals surface area contributed by atoms with E-state index >= 15 is 0 Å². The summed E-state index contributed by atoms with van der Waals surface area (Å²) >= 11 is 0. The zero-order chi connectivity index (χ0) is 12.1. The number of ether oxygens (including phenoxy) is 2. The molecule has 0 saturated carbocycles. The Labute approximate surface area is 91.2 Å². The van der Waals surface area contributed by atoms with Crippen LogP contribution in [0.15, 0.2) is 18.3 Å². The summed E-state index contributed by atoms with van der Waals surface area (Å²) in [6.45, 7) is 1.43. The van der Waals surface area contributed by atoms with Crippen LogP contribution in [0.3, 0.4) is 0 Å². The largest absolute Gasteiger partial charge is 0.471 e. The zero-order valence-electron chi connectivity index (χ0n) is 8.75. The molecule has 7 heteroatoms. The number of nitro groups is 1. The van der Waals surface area contributed by atoms with Crippen molar-refractivity contribution in [3.63, 3.8) is 0 Å². The van der Waals surface area contributed by atoms with Gasteiger partial charge < -0.3 is 19.6 Å². The van der Waals surface area contributed by atoms with E-state index in [-0.39, 0.29) is 5.75 Å². The van der Waals surface area contributed by atoms with Gasteiger partial charge in [-0.15, -0.1) is 0 Å². The van der Waals surface area contributed by atoms with Crippen molar-refractivity contribution in [3.8, 4) is 5.75 Å². The number of hydrogen-bond acceptors (Lipinski definition) is 6. The van der Waals surface area contributed by atoms with Crippen molar-refractivity contribution in [1.29, 1.82) is 0 Å². The molecule has 0 aliphatic carbocycles. The lowest BCUT2D eigenvalue weighted by molar-refractivity contribution is -0.390. The van der Waals surface area contributed by atoms with Gasteiger partial charge in [0, 0.05) is 0 Å². The van der Waals surface area contributed by atoms with Crippen molar-refractivity contribution < 1.29 is 19.2 Å². The van der Waals surface area contributed by atoms with Crippen molar-refractivity contribution >= 4 is 11.8 Å². The molecule has 16 heavy (non-hydrogen) atoms. The molecule has 1 aromatic rings. The number of esters is 1. The van der Waals surface area contributed by atoms with Gasteiger partial charge in [-0.2, -0.15) is 0 Å². The lowest BCUT2D eigenvalue weighted by Crippen LogP contribution is -2.25. The van der Waals surface area contributed by atoms with E-state index in [0.29, 0.717) is 0 Å². The first-order valence-corrected chi connectivity index (χ1v) is 4.40. The second-order valence-electron chi connectivity index (χ2n) is 2.87. The minimum Gasteiger partial charge on any atom is -0.471 e. The van der Waals surface area contributed by atoms with Gasteiger partial charge in [-0.05, 0) is 29.0 Å². The van der Waals surface area contributed by atoms with Crippen LogP contribution in [0.4, 0.5) is 5.82 Å². The standard InChI is InChI=1S/C9H10N2O5/c1-6(9(12)15-2)16-7-4-3-5-10-8(7)11(13)14/h3-6H,1-2H3/t6-/m0/s1. The molecule has 0 aliphatic heterocycles. The third kappa shape index (κ3) is 2.66. The lowest BCUT2D eigenvalue weighted by atomic mass is 10.4. The van der Waals surface area contributed by atoms with Crippen LogP contribution in [0.2, 0.25) is 0 Å². The highest BCUT2D eigenvalue weighted by Gasteiger charge is 2.21. The van der Waals surface area contributed by atoms with Crippen molar-refractivity contribution in [1.82, 2.24) is 4.98 Å². The number of pyridine rings is 1. The van der Waals surface area contributed by atoms with E-state index in [2.05, 4.69) is 9.72 Å². The third-order valence-electron chi connectivity index (χ3n) is 1.76. The Morgan fingerprint density at radius 3 is 2.88 bits per heavy atom. The Morgan fingerprint density at radius 2 is 2.31 bits per heavy atom. The summed E-state index contributed by atoms with van der Waals surface area (Å²) in [5, 5.41) is 10.6. The smallest absolute Gasteiger partial charge is 0.406 e. The molecular formula is C9H10N2O5. The van der Waals surface area contributed by atoms with Crippen LogP contribution < -0.4 is 4.74 Å². The molecule has 1 heterocycles. The van der Waals surface area contributed by atoms with E-state index in [1.807, 2.05) is 0 Å². The van der Waals surface area contributed by atoms with Crippen LogP contribution in [-0.2, 0) is 9.53 Å². The Balaban J connectivity index is 2.88. The van der Waals surface area contributed by atoms with Crippen molar-refractivity contribution in [2.45, 2.75) is 13.0 Å². The van der Waals surface area contributed by atoms with Crippen molar-refractivity contribution in [2.24, 2.45) is 0 Å². The predicted octanol–water partition coefficient (Wildman–Crippen LogP) is 0.930. The molecule has 0 fully saturated rings. The summed E-state index contributed by atoms with van der Waals surface area (Å²) < 4.78 is 9.51. The van der Waals surface area contributed by atoms with Gasteiger partial charge in [0.2, 0.25) is 5.75 Å². The summed E-state index contributed by atoms with van der Waals surface area (Å²) in [6.07, 6.45) is 0.348. The summed E-state index contributed by atoms with van der Waals surface area (Å²) in [4.78, 5) is 24.5. The molecule has 1 aromatic heterocycles. The highest BCUT2D eigenvalue weighted by molar-refractivity contribution is 5.74. The SMILES string of the molecule is COC(=O)[C@H](C)Oc1cccnc1[N+](=O)[O-]. The summed E-state index contributed by atoms with van der Waals surface area (Å²) in [5.41, 5.74) is 0.